The molecule has 1 aliphatic rings. The zero-order valence-electron chi connectivity index (χ0n) is 10.1. The van der Waals surface area contributed by atoms with Crippen LogP contribution in [-0.2, 0) is 6.18 Å². The van der Waals surface area contributed by atoms with E-state index in [1.807, 2.05) is 6.92 Å². The minimum absolute atomic E-state index is 0.198. The Morgan fingerprint density at radius 3 is 2.68 bits per heavy atom. The number of benzene rings is 1. The van der Waals surface area contributed by atoms with E-state index in [1.165, 1.54) is 11.8 Å². The van der Waals surface area contributed by atoms with E-state index in [0.29, 0.717) is 17.6 Å². The van der Waals surface area contributed by atoms with E-state index >= 15 is 0 Å². The van der Waals surface area contributed by atoms with Gasteiger partial charge in [-0.2, -0.15) is 13.2 Å². The van der Waals surface area contributed by atoms with Crippen molar-refractivity contribution in [3.8, 4) is 0 Å². The Kier molecular flexibility index (Phi) is 4.03. The molecule has 7 heteroatoms. The van der Waals surface area contributed by atoms with Gasteiger partial charge in [0, 0.05) is 12.3 Å². The van der Waals surface area contributed by atoms with E-state index in [1.54, 1.807) is 0 Å². The lowest BCUT2D eigenvalue weighted by Crippen LogP contribution is -2.19. The number of halogens is 4. The normalized spacial score (nSPS) is 20.1. The average molecular weight is 292 g/mol. The highest BCUT2D eigenvalue weighted by molar-refractivity contribution is 8.14. The number of hydrogen-bond acceptors (Lipinski definition) is 3. The molecule has 0 aliphatic carbocycles. The lowest BCUT2D eigenvalue weighted by Gasteiger charge is -2.18. The quantitative estimate of drug-likeness (QED) is 0.791. The molecule has 1 atom stereocenters. The monoisotopic (exact) mass is 292 g/mol. The molecule has 2 rings (SSSR count). The lowest BCUT2D eigenvalue weighted by molar-refractivity contribution is -0.137. The van der Waals surface area contributed by atoms with Gasteiger partial charge in [-0.3, -0.25) is 4.99 Å². The Hall–Kier alpha value is -1.24. The molecule has 0 amide bonds. The molecule has 104 valence electrons. The summed E-state index contributed by atoms with van der Waals surface area (Å²) >= 11 is 1.38. The molecule has 0 fully saturated rings. The molecule has 1 aliphatic heterocycles. The van der Waals surface area contributed by atoms with Gasteiger partial charge < -0.3 is 5.32 Å². The standard InChI is InChI=1S/C12H12F4N2S/c1-7-5-17-11(19-6-7)18-10-4-8(12(14,15)16)2-3-9(10)13/h2-4,7H,5-6H2,1H3,(H,17,18). The maximum absolute atomic E-state index is 13.5. The highest BCUT2D eigenvalue weighted by Crippen LogP contribution is 2.32. The van der Waals surface area contributed by atoms with E-state index in [-0.39, 0.29) is 5.69 Å². The molecule has 0 aromatic heterocycles. The van der Waals surface area contributed by atoms with Gasteiger partial charge in [-0.1, -0.05) is 18.7 Å². The van der Waals surface area contributed by atoms with Crippen molar-refractivity contribution >= 4 is 22.6 Å². The third-order valence-electron chi connectivity index (χ3n) is 2.59. The van der Waals surface area contributed by atoms with Crippen LogP contribution in [0, 0.1) is 11.7 Å². The average Bonchev–Trinajstić information content (AvgIpc) is 2.33. The Morgan fingerprint density at radius 2 is 2.11 bits per heavy atom. The number of alkyl halides is 3. The van der Waals surface area contributed by atoms with Crippen molar-refractivity contribution in [2.24, 2.45) is 10.9 Å². The smallest absolute Gasteiger partial charge is 0.333 e. The van der Waals surface area contributed by atoms with Crippen molar-refractivity contribution in [1.82, 2.24) is 0 Å². The second-order valence-corrected chi connectivity index (χ2v) is 5.39. The number of aliphatic imine (C=N–C) groups is 1. The van der Waals surface area contributed by atoms with Gasteiger partial charge in [0.1, 0.15) is 5.82 Å². The van der Waals surface area contributed by atoms with E-state index in [2.05, 4.69) is 10.3 Å². The summed E-state index contributed by atoms with van der Waals surface area (Å²) in [5, 5.41) is 3.08. The molecule has 1 unspecified atom stereocenters. The van der Waals surface area contributed by atoms with E-state index in [9.17, 15) is 17.6 Å². The van der Waals surface area contributed by atoms with Crippen LogP contribution < -0.4 is 5.32 Å². The van der Waals surface area contributed by atoms with Crippen molar-refractivity contribution in [2.45, 2.75) is 13.1 Å². The van der Waals surface area contributed by atoms with Crippen molar-refractivity contribution in [3.63, 3.8) is 0 Å². The first-order valence-corrected chi connectivity index (χ1v) is 6.66. The first kappa shape index (κ1) is 14.2. The molecule has 2 nitrogen and oxygen atoms in total. The van der Waals surface area contributed by atoms with Gasteiger partial charge >= 0.3 is 6.18 Å². The molecule has 0 bridgehead atoms. The topological polar surface area (TPSA) is 24.4 Å². The van der Waals surface area contributed by atoms with Crippen molar-refractivity contribution in [3.05, 3.63) is 29.6 Å². The van der Waals surface area contributed by atoms with Crippen LogP contribution in [0.25, 0.3) is 0 Å². The Morgan fingerprint density at radius 1 is 1.37 bits per heavy atom. The maximum atomic E-state index is 13.5. The predicted molar refractivity (Wildman–Crippen MR) is 68.9 cm³/mol. The van der Waals surface area contributed by atoms with Gasteiger partial charge in [-0.15, -0.1) is 0 Å². The fourth-order valence-electron chi connectivity index (χ4n) is 1.55. The number of amidine groups is 1. The second-order valence-electron chi connectivity index (χ2n) is 4.38. The molecule has 19 heavy (non-hydrogen) atoms. The minimum atomic E-state index is -4.49. The Balaban J connectivity index is 2.20. The van der Waals surface area contributed by atoms with Crippen LogP contribution in [0.2, 0.25) is 0 Å². The van der Waals surface area contributed by atoms with Gasteiger partial charge in [-0.05, 0) is 24.1 Å². The first-order chi connectivity index (χ1) is 8.86. The van der Waals surface area contributed by atoms with Crippen LogP contribution in [0.1, 0.15) is 12.5 Å². The zero-order chi connectivity index (χ0) is 14.0. The van der Waals surface area contributed by atoms with Crippen LogP contribution in [0.4, 0.5) is 23.2 Å². The molecular formula is C12H12F4N2S. The van der Waals surface area contributed by atoms with E-state index < -0.39 is 17.6 Å². The number of nitrogens with zero attached hydrogens (tertiary/aromatic N) is 1. The summed E-state index contributed by atoms with van der Waals surface area (Å²) in [5.41, 5.74) is -1.08. The summed E-state index contributed by atoms with van der Waals surface area (Å²) in [4.78, 5) is 4.16. The SMILES string of the molecule is CC1CN=C(Nc2cc(C(F)(F)F)ccc2F)SC1. The number of anilines is 1. The molecule has 1 aromatic carbocycles. The number of thioether (sulfide) groups is 1. The minimum Gasteiger partial charge on any atom is -0.333 e. The van der Waals surface area contributed by atoms with Crippen molar-refractivity contribution < 1.29 is 17.6 Å². The molecule has 0 spiro atoms. The third-order valence-corrected chi connectivity index (χ3v) is 3.83. The molecule has 1 N–H and O–H groups in total. The molecular weight excluding hydrogens is 280 g/mol. The van der Waals surface area contributed by atoms with Gasteiger partial charge in [0.2, 0.25) is 0 Å². The van der Waals surface area contributed by atoms with Crippen LogP contribution >= 0.6 is 11.8 Å². The summed E-state index contributed by atoms with van der Waals surface area (Å²) in [7, 11) is 0. The summed E-state index contributed by atoms with van der Waals surface area (Å²) in [6, 6.07) is 2.29. The lowest BCUT2D eigenvalue weighted by atomic mass is 10.2. The molecule has 0 radical (unpaired) electrons. The summed E-state index contributed by atoms with van der Waals surface area (Å²) in [5.74, 6) is 0.503. The Bertz CT molecular complexity index is 499. The van der Waals surface area contributed by atoms with Gasteiger partial charge in [0.15, 0.2) is 5.17 Å². The molecule has 1 heterocycles. The fraction of sp³-hybridized carbons (Fsp3) is 0.417. The van der Waals surface area contributed by atoms with Crippen LogP contribution in [0.3, 0.4) is 0 Å². The van der Waals surface area contributed by atoms with Gasteiger partial charge in [0.05, 0.1) is 11.3 Å². The van der Waals surface area contributed by atoms with Crippen molar-refractivity contribution in [2.75, 3.05) is 17.6 Å². The highest BCUT2D eigenvalue weighted by Gasteiger charge is 2.31. The van der Waals surface area contributed by atoms with Crippen LogP contribution in [0.15, 0.2) is 23.2 Å². The number of hydrogen-bond donors (Lipinski definition) is 1. The highest BCUT2D eigenvalue weighted by atomic mass is 32.2. The van der Waals surface area contributed by atoms with E-state index in [4.69, 9.17) is 0 Å². The maximum Gasteiger partial charge on any atom is 0.416 e. The summed E-state index contributed by atoms with van der Waals surface area (Å²) < 4.78 is 51.1. The first-order valence-electron chi connectivity index (χ1n) is 5.67. The number of nitrogens with one attached hydrogen (secondary N) is 1. The van der Waals surface area contributed by atoms with Crippen LogP contribution in [-0.4, -0.2) is 17.5 Å². The second kappa shape index (κ2) is 5.40. The van der Waals surface area contributed by atoms with Crippen LogP contribution in [0.5, 0.6) is 0 Å². The van der Waals surface area contributed by atoms with Gasteiger partial charge in [-0.25, -0.2) is 4.39 Å². The molecule has 0 saturated carbocycles. The zero-order valence-corrected chi connectivity index (χ0v) is 10.9. The van der Waals surface area contributed by atoms with E-state index in [0.717, 1.165) is 24.0 Å². The van der Waals surface area contributed by atoms with Gasteiger partial charge in [0.25, 0.3) is 0 Å². The Labute approximate surface area is 112 Å². The molecule has 1 aromatic rings. The summed E-state index contributed by atoms with van der Waals surface area (Å²) in [6.07, 6.45) is -4.49. The largest absolute Gasteiger partial charge is 0.416 e. The molecule has 0 saturated heterocycles. The number of rotatable bonds is 1. The fourth-order valence-corrected chi connectivity index (χ4v) is 2.44. The van der Waals surface area contributed by atoms with Crippen molar-refractivity contribution in [1.29, 1.82) is 0 Å². The summed E-state index contributed by atoms with van der Waals surface area (Å²) in [6.45, 7) is 2.62. The predicted octanol–water partition coefficient (Wildman–Crippen LogP) is 4.00. The third kappa shape index (κ3) is 3.62.